The predicted molar refractivity (Wildman–Crippen MR) is 85.1 cm³/mol. The van der Waals surface area contributed by atoms with Crippen LogP contribution in [-0.2, 0) is 4.79 Å². The van der Waals surface area contributed by atoms with Crippen molar-refractivity contribution in [3.8, 4) is 0 Å². The van der Waals surface area contributed by atoms with E-state index in [0.29, 0.717) is 10.6 Å². The molecule has 1 N–H and O–H groups in total. The van der Waals surface area contributed by atoms with Crippen LogP contribution in [0, 0.1) is 10.1 Å². The minimum atomic E-state index is -1.18. The van der Waals surface area contributed by atoms with Gasteiger partial charge in [0.25, 0.3) is 5.69 Å². The van der Waals surface area contributed by atoms with Crippen LogP contribution in [0.4, 0.5) is 5.69 Å². The number of rotatable bonds is 4. The summed E-state index contributed by atoms with van der Waals surface area (Å²) >= 11 is 11.8. The fourth-order valence-corrected chi connectivity index (χ4v) is 2.11. The highest BCUT2D eigenvalue weighted by molar-refractivity contribution is 6.33. The Bertz CT molecular complexity index is 770. The highest BCUT2D eigenvalue weighted by Gasteiger charge is 2.14. The second-order valence-electron chi connectivity index (χ2n) is 4.33. The van der Waals surface area contributed by atoms with Gasteiger partial charge >= 0.3 is 5.97 Å². The summed E-state index contributed by atoms with van der Waals surface area (Å²) in [6, 6.07) is 10.0. The molecule has 0 spiro atoms. The lowest BCUT2D eigenvalue weighted by Crippen LogP contribution is -2.00. The van der Waals surface area contributed by atoms with Crippen LogP contribution in [0.15, 0.2) is 42.5 Å². The highest BCUT2D eigenvalue weighted by atomic mass is 35.5. The molecule has 0 saturated heterocycles. The maximum atomic E-state index is 11.4. The number of non-ortho nitro benzene ring substituents is 1. The number of nitrogens with zero attached hydrogens (tertiary/aromatic N) is 1. The number of hydrogen-bond donors (Lipinski definition) is 1. The first-order valence-corrected chi connectivity index (χ1v) is 6.79. The first-order valence-electron chi connectivity index (χ1n) is 6.03. The highest BCUT2D eigenvalue weighted by Crippen LogP contribution is 2.27. The summed E-state index contributed by atoms with van der Waals surface area (Å²) in [6.45, 7) is 0. The molecular formula is C15H9Cl2NO4. The Morgan fingerprint density at radius 1 is 1.14 bits per heavy atom. The Morgan fingerprint density at radius 2 is 1.77 bits per heavy atom. The van der Waals surface area contributed by atoms with Gasteiger partial charge in [-0.05, 0) is 29.8 Å². The Labute approximate surface area is 135 Å². The van der Waals surface area contributed by atoms with Crippen LogP contribution >= 0.6 is 23.2 Å². The molecule has 2 aromatic carbocycles. The largest absolute Gasteiger partial charge is 0.478 e. The quantitative estimate of drug-likeness (QED) is 0.384. The molecule has 112 valence electrons. The van der Waals surface area contributed by atoms with Crippen molar-refractivity contribution in [2.45, 2.75) is 0 Å². The van der Waals surface area contributed by atoms with E-state index in [-0.39, 0.29) is 21.8 Å². The number of nitro groups is 1. The Hall–Kier alpha value is -2.37. The molecule has 0 aliphatic rings. The lowest BCUT2D eigenvalue weighted by Gasteiger charge is -2.05. The van der Waals surface area contributed by atoms with Gasteiger partial charge in [-0.3, -0.25) is 10.1 Å². The van der Waals surface area contributed by atoms with Crippen molar-refractivity contribution in [2.24, 2.45) is 0 Å². The van der Waals surface area contributed by atoms with Crippen LogP contribution in [0.3, 0.4) is 0 Å². The molecule has 0 radical (unpaired) electrons. The number of hydrogen-bond acceptors (Lipinski definition) is 3. The average molecular weight is 338 g/mol. The van der Waals surface area contributed by atoms with Crippen LogP contribution in [0.5, 0.6) is 0 Å². The zero-order valence-electron chi connectivity index (χ0n) is 11.0. The molecule has 22 heavy (non-hydrogen) atoms. The molecule has 5 nitrogen and oxygen atoms in total. The van der Waals surface area contributed by atoms with E-state index in [0.717, 1.165) is 0 Å². The molecule has 2 rings (SSSR count). The molecule has 0 heterocycles. The molecule has 0 fully saturated rings. The number of nitro benzene ring substituents is 1. The molecule has 0 aliphatic carbocycles. The van der Waals surface area contributed by atoms with Gasteiger partial charge < -0.3 is 5.11 Å². The second kappa shape index (κ2) is 6.60. The van der Waals surface area contributed by atoms with E-state index >= 15 is 0 Å². The summed E-state index contributed by atoms with van der Waals surface area (Å²) in [4.78, 5) is 21.7. The van der Waals surface area contributed by atoms with Gasteiger partial charge in [-0.1, -0.05) is 35.3 Å². The van der Waals surface area contributed by atoms with Crippen molar-refractivity contribution in [2.75, 3.05) is 0 Å². The summed E-state index contributed by atoms with van der Waals surface area (Å²) in [5.74, 6) is -1.18. The first kappa shape index (κ1) is 16.0. The Morgan fingerprint density at radius 3 is 2.32 bits per heavy atom. The lowest BCUT2D eigenvalue weighted by molar-refractivity contribution is -0.384. The fourth-order valence-electron chi connectivity index (χ4n) is 1.81. The van der Waals surface area contributed by atoms with Crippen molar-refractivity contribution < 1.29 is 14.8 Å². The third-order valence-electron chi connectivity index (χ3n) is 2.88. The van der Waals surface area contributed by atoms with Gasteiger partial charge in [0.15, 0.2) is 0 Å². The third kappa shape index (κ3) is 3.63. The maximum absolute atomic E-state index is 11.4. The SMILES string of the molecule is O=C(O)C(=Cc1cc([N+](=O)[O-])ccc1Cl)c1ccc(Cl)cc1. The van der Waals surface area contributed by atoms with E-state index in [1.54, 1.807) is 24.3 Å². The van der Waals surface area contributed by atoms with Crippen LogP contribution < -0.4 is 0 Å². The molecule has 7 heteroatoms. The maximum Gasteiger partial charge on any atom is 0.336 e. The average Bonchev–Trinajstić information content (AvgIpc) is 2.47. The molecular weight excluding hydrogens is 329 g/mol. The van der Waals surface area contributed by atoms with E-state index in [2.05, 4.69) is 0 Å². The number of carboxylic acid groups (broad SMARTS) is 1. The predicted octanol–water partition coefficient (Wildman–Crippen LogP) is 4.53. The lowest BCUT2D eigenvalue weighted by atomic mass is 10.0. The van der Waals surface area contributed by atoms with Crippen molar-refractivity contribution in [3.63, 3.8) is 0 Å². The van der Waals surface area contributed by atoms with Crippen molar-refractivity contribution in [1.29, 1.82) is 0 Å². The summed E-state index contributed by atoms with van der Waals surface area (Å²) in [7, 11) is 0. The number of aliphatic carboxylic acids is 1. The normalized spacial score (nSPS) is 11.3. The third-order valence-corrected chi connectivity index (χ3v) is 3.47. The second-order valence-corrected chi connectivity index (χ2v) is 5.18. The van der Waals surface area contributed by atoms with Gasteiger partial charge in [-0.15, -0.1) is 0 Å². The van der Waals surface area contributed by atoms with Gasteiger partial charge in [0.2, 0.25) is 0 Å². The standard InChI is InChI=1S/C15H9Cl2NO4/c16-11-3-1-9(2-4-11)13(15(19)20)8-10-7-12(18(21)22)5-6-14(10)17/h1-8H,(H,19,20). The van der Waals surface area contributed by atoms with Gasteiger partial charge in [-0.25, -0.2) is 4.79 Å². The van der Waals surface area contributed by atoms with E-state index in [1.807, 2.05) is 0 Å². The van der Waals surface area contributed by atoms with Gasteiger partial charge in [-0.2, -0.15) is 0 Å². The van der Waals surface area contributed by atoms with E-state index in [1.165, 1.54) is 24.3 Å². The van der Waals surface area contributed by atoms with Gasteiger partial charge in [0, 0.05) is 27.7 Å². The number of carbonyl (C=O) groups is 1. The molecule has 0 atom stereocenters. The van der Waals surface area contributed by atoms with Gasteiger partial charge in [0.1, 0.15) is 0 Å². The molecule has 0 unspecified atom stereocenters. The molecule has 0 aliphatic heterocycles. The fraction of sp³-hybridized carbons (Fsp3) is 0. The van der Waals surface area contributed by atoms with E-state index < -0.39 is 10.9 Å². The minimum absolute atomic E-state index is 0.0425. The molecule has 0 aromatic heterocycles. The molecule has 2 aromatic rings. The molecule has 0 saturated carbocycles. The Balaban J connectivity index is 2.55. The smallest absolute Gasteiger partial charge is 0.336 e. The summed E-state index contributed by atoms with van der Waals surface area (Å²) in [6.07, 6.45) is 1.29. The minimum Gasteiger partial charge on any atom is -0.478 e. The number of halogens is 2. The van der Waals surface area contributed by atoms with Crippen molar-refractivity contribution >= 4 is 46.5 Å². The number of carboxylic acids is 1. The van der Waals surface area contributed by atoms with Gasteiger partial charge in [0.05, 0.1) is 10.5 Å². The molecule has 0 amide bonds. The number of benzene rings is 2. The zero-order valence-corrected chi connectivity index (χ0v) is 12.5. The summed E-state index contributed by atoms with van der Waals surface area (Å²) < 4.78 is 0. The molecule has 0 bridgehead atoms. The van der Waals surface area contributed by atoms with E-state index in [4.69, 9.17) is 23.2 Å². The Kier molecular flexibility index (Phi) is 4.80. The topological polar surface area (TPSA) is 80.4 Å². The van der Waals surface area contributed by atoms with Crippen LogP contribution in [-0.4, -0.2) is 16.0 Å². The van der Waals surface area contributed by atoms with Crippen LogP contribution in [0.2, 0.25) is 10.0 Å². The monoisotopic (exact) mass is 337 g/mol. The summed E-state index contributed by atoms with van der Waals surface area (Å²) in [5.41, 5.74) is 0.457. The first-order chi connectivity index (χ1) is 10.4. The van der Waals surface area contributed by atoms with Crippen LogP contribution in [0.25, 0.3) is 11.6 Å². The summed E-state index contributed by atoms with van der Waals surface area (Å²) in [5, 5.41) is 20.8. The van der Waals surface area contributed by atoms with Crippen molar-refractivity contribution in [1.82, 2.24) is 0 Å². The zero-order chi connectivity index (χ0) is 16.3. The van der Waals surface area contributed by atoms with Crippen LogP contribution in [0.1, 0.15) is 11.1 Å². The van der Waals surface area contributed by atoms with Crippen molar-refractivity contribution in [3.05, 3.63) is 73.8 Å². The van der Waals surface area contributed by atoms with E-state index in [9.17, 15) is 20.0 Å².